The number of nitrogens with zero attached hydrogens (tertiary/aromatic N) is 2. The molecule has 2 nitrogen and oxygen atoms in total. The fourth-order valence-corrected chi connectivity index (χ4v) is 8.63. The highest BCUT2D eigenvalue weighted by molar-refractivity contribution is 7.99. The van der Waals surface area contributed by atoms with Crippen LogP contribution >= 0.6 is 11.8 Å². The second-order valence-corrected chi connectivity index (χ2v) is 14.1. The van der Waals surface area contributed by atoms with Crippen molar-refractivity contribution in [3.63, 3.8) is 0 Å². The summed E-state index contributed by atoms with van der Waals surface area (Å²) in [5, 5.41) is 2.51. The average Bonchev–Trinajstić information content (AvgIpc) is 3.54. The van der Waals surface area contributed by atoms with Crippen LogP contribution in [0.2, 0.25) is 0 Å². The molecule has 0 saturated carbocycles. The summed E-state index contributed by atoms with van der Waals surface area (Å²) in [7, 11) is 0. The van der Waals surface area contributed by atoms with E-state index in [2.05, 4.69) is 204 Å². The molecule has 0 spiro atoms. The quantitative estimate of drug-likeness (QED) is 0.180. The number of rotatable bonds is 5. The van der Waals surface area contributed by atoms with E-state index in [1.54, 1.807) is 0 Å². The van der Waals surface area contributed by atoms with Gasteiger partial charge in [-0.15, -0.1) is 0 Å². The third-order valence-electron chi connectivity index (χ3n) is 9.98. The summed E-state index contributed by atoms with van der Waals surface area (Å²) in [6, 6.07) is 70.4. The molecule has 240 valence electrons. The molecular formula is C48H32N2S. The van der Waals surface area contributed by atoms with Crippen LogP contribution in [-0.4, -0.2) is 4.57 Å². The number of hydrogen-bond donors (Lipinski definition) is 0. The van der Waals surface area contributed by atoms with E-state index < -0.39 is 0 Å². The Hall–Kier alpha value is -6.29. The molecule has 0 fully saturated rings. The Morgan fingerprint density at radius 1 is 0.314 bits per heavy atom. The van der Waals surface area contributed by atoms with Gasteiger partial charge in [0.1, 0.15) is 0 Å². The van der Waals surface area contributed by atoms with Gasteiger partial charge in [0, 0.05) is 31.9 Å². The minimum Gasteiger partial charge on any atom is -0.309 e. The van der Waals surface area contributed by atoms with Gasteiger partial charge in [-0.3, -0.25) is 0 Å². The number of aromatic nitrogens is 1. The Kier molecular flexibility index (Phi) is 7.11. The first kappa shape index (κ1) is 29.6. The van der Waals surface area contributed by atoms with Gasteiger partial charge in [0.25, 0.3) is 0 Å². The van der Waals surface area contributed by atoms with E-state index >= 15 is 0 Å². The molecule has 1 aromatic heterocycles. The topological polar surface area (TPSA) is 8.17 Å². The Morgan fingerprint density at radius 2 is 0.882 bits per heavy atom. The maximum Gasteiger partial charge on any atom is 0.0602 e. The Balaban J connectivity index is 1.06. The van der Waals surface area contributed by atoms with Gasteiger partial charge in [0.05, 0.1) is 22.4 Å². The van der Waals surface area contributed by atoms with Gasteiger partial charge in [-0.2, -0.15) is 0 Å². The molecule has 1 aliphatic rings. The monoisotopic (exact) mass is 668 g/mol. The van der Waals surface area contributed by atoms with Gasteiger partial charge in [-0.25, -0.2) is 0 Å². The molecule has 0 bridgehead atoms. The first-order valence-electron chi connectivity index (χ1n) is 17.3. The molecule has 0 N–H and O–H groups in total. The molecule has 0 radical (unpaired) electrons. The summed E-state index contributed by atoms with van der Waals surface area (Å²) in [5.74, 6) is 0. The lowest BCUT2D eigenvalue weighted by Crippen LogP contribution is -2.14. The zero-order valence-corrected chi connectivity index (χ0v) is 28.6. The number of anilines is 3. The molecule has 0 amide bonds. The predicted octanol–water partition coefficient (Wildman–Crippen LogP) is 13.7. The second-order valence-electron chi connectivity index (χ2n) is 13.0. The molecular weight excluding hydrogens is 637 g/mol. The summed E-state index contributed by atoms with van der Waals surface area (Å²) in [6.07, 6.45) is 0. The van der Waals surface area contributed by atoms with Crippen molar-refractivity contribution < 1.29 is 0 Å². The normalized spacial score (nSPS) is 12.2. The van der Waals surface area contributed by atoms with Gasteiger partial charge in [0.2, 0.25) is 0 Å². The summed E-state index contributed by atoms with van der Waals surface area (Å²) in [5.41, 5.74) is 14.4. The third-order valence-corrected chi connectivity index (χ3v) is 11.1. The van der Waals surface area contributed by atoms with Crippen LogP contribution in [0.4, 0.5) is 17.1 Å². The lowest BCUT2D eigenvalue weighted by Gasteiger charge is -2.33. The lowest BCUT2D eigenvalue weighted by molar-refractivity contribution is 1.17. The molecule has 10 rings (SSSR count). The summed E-state index contributed by atoms with van der Waals surface area (Å²) >= 11 is 1.85. The van der Waals surface area contributed by atoms with Crippen LogP contribution in [0.3, 0.4) is 0 Å². The fourth-order valence-electron chi connectivity index (χ4n) is 7.53. The van der Waals surface area contributed by atoms with E-state index in [4.69, 9.17) is 0 Å². The zero-order valence-electron chi connectivity index (χ0n) is 27.8. The number of benzene rings is 8. The molecule has 8 aromatic carbocycles. The minimum absolute atomic E-state index is 1.15. The lowest BCUT2D eigenvalue weighted by atomic mass is 10.0. The highest BCUT2D eigenvalue weighted by Gasteiger charge is 2.25. The van der Waals surface area contributed by atoms with Crippen molar-refractivity contribution in [2.45, 2.75) is 9.79 Å². The third kappa shape index (κ3) is 5.13. The first-order valence-corrected chi connectivity index (χ1v) is 18.2. The van der Waals surface area contributed by atoms with Crippen molar-refractivity contribution in [2.24, 2.45) is 0 Å². The van der Waals surface area contributed by atoms with Crippen LogP contribution in [0, 0.1) is 0 Å². The van der Waals surface area contributed by atoms with Crippen LogP contribution < -0.4 is 4.90 Å². The van der Waals surface area contributed by atoms with E-state index in [0.717, 1.165) is 11.4 Å². The Bertz CT molecular complexity index is 2710. The predicted molar refractivity (Wildman–Crippen MR) is 216 cm³/mol. The molecule has 0 unspecified atom stereocenters. The number of fused-ring (bicyclic) bond motifs is 5. The highest BCUT2D eigenvalue weighted by atomic mass is 32.2. The molecule has 51 heavy (non-hydrogen) atoms. The van der Waals surface area contributed by atoms with Crippen molar-refractivity contribution in [1.82, 2.24) is 4.57 Å². The SMILES string of the molecule is c1ccc(-c2ccc(N3c4ccccc4Sc4cc(-c5ccc6c(c5)c5ccccc5n6-c5cccc(-c6ccccc6)c5)ccc43)cc2)cc1. The molecule has 0 atom stereocenters. The van der Waals surface area contributed by atoms with Crippen molar-refractivity contribution in [2.75, 3.05) is 4.90 Å². The van der Waals surface area contributed by atoms with Gasteiger partial charge >= 0.3 is 0 Å². The number of hydrogen-bond acceptors (Lipinski definition) is 2. The molecule has 9 aromatic rings. The van der Waals surface area contributed by atoms with Gasteiger partial charge in [0.15, 0.2) is 0 Å². The van der Waals surface area contributed by atoms with E-state index in [-0.39, 0.29) is 0 Å². The van der Waals surface area contributed by atoms with Crippen molar-refractivity contribution in [3.05, 3.63) is 194 Å². The standard InChI is InChI=1S/C48H32N2S/c1-3-12-33(13-4-1)35-22-26-39(27-23-35)49-45-20-9-10-21-47(45)51-48-32-38(25-29-46(48)49)37-24-28-44-42(31-37)41-18-7-8-19-43(41)50(44)40-17-11-16-36(30-40)34-14-5-2-6-15-34/h1-32H. The van der Waals surface area contributed by atoms with Crippen LogP contribution in [0.25, 0.3) is 60.9 Å². The molecule has 3 heteroatoms. The van der Waals surface area contributed by atoms with Crippen molar-refractivity contribution >= 4 is 50.6 Å². The van der Waals surface area contributed by atoms with Gasteiger partial charge in [-0.05, 0) is 100 Å². The fraction of sp³-hybridized carbons (Fsp3) is 0. The Morgan fingerprint density at radius 3 is 1.71 bits per heavy atom. The molecule has 0 saturated heterocycles. The Labute approximate surface area is 301 Å². The maximum absolute atomic E-state index is 2.40. The first-order chi connectivity index (χ1) is 25.3. The number of para-hydroxylation sites is 2. The van der Waals surface area contributed by atoms with E-state index in [1.807, 2.05) is 11.8 Å². The maximum atomic E-state index is 2.40. The second kappa shape index (κ2) is 12.2. The molecule has 2 heterocycles. The summed E-state index contributed by atoms with van der Waals surface area (Å²) in [6.45, 7) is 0. The zero-order chi connectivity index (χ0) is 33.7. The van der Waals surface area contributed by atoms with E-state index in [9.17, 15) is 0 Å². The van der Waals surface area contributed by atoms with Crippen LogP contribution in [0.1, 0.15) is 0 Å². The van der Waals surface area contributed by atoms with Crippen molar-refractivity contribution in [1.29, 1.82) is 0 Å². The van der Waals surface area contributed by atoms with Gasteiger partial charge in [-0.1, -0.05) is 139 Å². The van der Waals surface area contributed by atoms with Crippen LogP contribution in [-0.2, 0) is 0 Å². The summed E-state index contributed by atoms with van der Waals surface area (Å²) in [4.78, 5) is 4.91. The average molecular weight is 669 g/mol. The van der Waals surface area contributed by atoms with E-state index in [1.165, 1.54) is 76.4 Å². The van der Waals surface area contributed by atoms with Gasteiger partial charge < -0.3 is 9.47 Å². The van der Waals surface area contributed by atoms with Crippen LogP contribution in [0.5, 0.6) is 0 Å². The smallest absolute Gasteiger partial charge is 0.0602 e. The largest absolute Gasteiger partial charge is 0.309 e. The summed E-state index contributed by atoms with van der Waals surface area (Å²) < 4.78 is 2.40. The van der Waals surface area contributed by atoms with Crippen LogP contribution in [0.15, 0.2) is 204 Å². The highest BCUT2D eigenvalue weighted by Crippen LogP contribution is 2.52. The van der Waals surface area contributed by atoms with E-state index in [0.29, 0.717) is 0 Å². The van der Waals surface area contributed by atoms with Crippen molar-refractivity contribution in [3.8, 4) is 39.1 Å². The molecule has 0 aliphatic carbocycles. The molecule has 1 aliphatic heterocycles. The minimum atomic E-state index is 1.15.